The maximum atomic E-state index is 11.6. The van der Waals surface area contributed by atoms with E-state index >= 15 is 0 Å². The third kappa shape index (κ3) is 2.93. The summed E-state index contributed by atoms with van der Waals surface area (Å²) >= 11 is 0. The summed E-state index contributed by atoms with van der Waals surface area (Å²) in [7, 11) is 0. The molecule has 0 saturated carbocycles. The molecule has 2 aliphatic rings. The molecule has 0 aliphatic carbocycles. The van der Waals surface area contributed by atoms with Crippen LogP contribution in [-0.4, -0.2) is 67.6 Å². The maximum Gasteiger partial charge on any atom is 0.131 e. The molecular weight excluding hydrogens is 200 g/mol. The Balaban J connectivity index is 1.86. The first kappa shape index (κ1) is 10.4. The lowest BCUT2D eigenvalue weighted by atomic mass is 10.5. The number of rotatable bonds is 2. The van der Waals surface area contributed by atoms with Gasteiger partial charge in [-0.05, 0) is 0 Å². The maximum absolute atomic E-state index is 11.6. The van der Waals surface area contributed by atoms with Crippen LogP contribution in [0.2, 0.25) is 0 Å². The summed E-state index contributed by atoms with van der Waals surface area (Å²) in [6, 6.07) is 0. The van der Waals surface area contributed by atoms with Crippen LogP contribution in [0.4, 0.5) is 0 Å². The first-order valence-corrected chi connectivity index (χ1v) is 5.20. The molecule has 0 aromatic heterocycles. The van der Waals surface area contributed by atoms with Gasteiger partial charge in [-0.15, -0.1) is 0 Å². The SMILES string of the molecule is [O-][N+](=NN1CCOCC1)N1CCOCC1. The van der Waals surface area contributed by atoms with E-state index in [1.165, 1.54) is 0 Å². The molecule has 0 radical (unpaired) electrons. The summed E-state index contributed by atoms with van der Waals surface area (Å²) in [6.45, 7) is 5.05. The molecule has 0 unspecified atom stereocenters. The van der Waals surface area contributed by atoms with Crippen LogP contribution in [0.1, 0.15) is 0 Å². The first-order chi connectivity index (χ1) is 7.36. The highest BCUT2D eigenvalue weighted by atomic mass is 16.6. The fourth-order valence-electron chi connectivity index (χ4n) is 1.53. The summed E-state index contributed by atoms with van der Waals surface area (Å²) in [5.74, 6) is 0. The smallest absolute Gasteiger partial charge is 0.131 e. The predicted molar refractivity (Wildman–Crippen MR) is 50.8 cm³/mol. The van der Waals surface area contributed by atoms with E-state index in [9.17, 15) is 5.21 Å². The minimum Gasteiger partial charge on any atom is -0.673 e. The molecule has 0 aromatic carbocycles. The molecule has 86 valence electrons. The lowest BCUT2D eigenvalue weighted by Crippen LogP contribution is -2.43. The predicted octanol–water partition coefficient (Wildman–Crippen LogP) is -0.557. The number of morpholine rings is 2. The lowest BCUT2D eigenvalue weighted by molar-refractivity contribution is -0.706. The van der Waals surface area contributed by atoms with E-state index in [2.05, 4.69) is 5.22 Å². The van der Waals surface area contributed by atoms with Gasteiger partial charge >= 0.3 is 0 Å². The molecule has 2 saturated heterocycles. The zero-order valence-electron chi connectivity index (χ0n) is 8.67. The van der Waals surface area contributed by atoms with E-state index in [1.54, 1.807) is 10.0 Å². The highest BCUT2D eigenvalue weighted by molar-refractivity contribution is 4.54. The number of nitrogens with zero attached hydrogens (tertiary/aromatic N) is 4. The minimum absolute atomic E-state index is 0.595. The van der Waals surface area contributed by atoms with Crippen LogP contribution in [0, 0.1) is 5.21 Å². The molecule has 7 heteroatoms. The molecule has 0 aromatic rings. The average Bonchev–Trinajstić information content (AvgIpc) is 2.31. The quantitative estimate of drug-likeness (QED) is 0.352. The van der Waals surface area contributed by atoms with E-state index in [-0.39, 0.29) is 0 Å². The zero-order valence-corrected chi connectivity index (χ0v) is 8.67. The topological polar surface area (TPSA) is 63.4 Å². The first-order valence-electron chi connectivity index (χ1n) is 5.20. The summed E-state index contributed by atoms with van der Waals surface area (Å²) < 4.78 is 10.3. The van der Waals surface area contributed by atoms with Gasteiger partial charge in [0.25, 0.3) is 0 Å². The number of ether oxygens (including phenoxy) is 2. The second-order valence-corrected chi connectivity index (χ2v) is 3.47. The highest BCUT2D eigenvalue weighted by Crippen LogP contribution is 2.01. The Morgan fingerprint density at radius 1 is 0.933 bits per heavy atom. The molecule has 0 amide bonds. The van der Waals surface area contributed by atoms with E-state index in [0.29, 0.717) is 57.6 Å². The van der Waals surface area contributed by atoms with E-state index in [0.717, 1.165) is 0 Å². The van der Waals surface area contributed by atoms with Gasteiger partial charge < -0.3 is 14.7 Å². The molecule has 2 heterocycles. The molecular formula is C8H16N4O3. The highest BCUT2D eigenvalue weighted by Gasteiger charge is 2.17. The van der Waals surface area contributed by atoms with Gasteiger partial charge in [0.1, 0.15) is 18.3 Å². The van der Waals surface area contributed by atoms with Crippen LogP contribution >= 0.6 is 0 Å². The van der Waals surface area contributed by atoms with Gasteiger partial charge in [-0.2, -0.15) is 5.01 Å². The van der Waals surface area contributed by atoms with Crippen LogP contribution < -0.4 is 0 Å². The summed E-state index contributed by atoms with van der Waals surface area (Å²) in [5.41, 5.74) is 0. The third-order valence-electron chi connectivity index (χ3n) is 2.42. The van der Waals surface area contributed by atoms with Crippen molar-refractivity contribution in [3.63, 3.8) is 0 Å². The van der Waals surface area contributed by atoms with Crippen LogP contribution in [0.15, 0.2) is 5.22 Å². The molecule has 0 atom stereocenters. The van der Waals surface area contributed by atoms with Crippen LogP contribution in [0.3, 0.4) is 0 Å². The number of hydrazine groups is 1. The largest absolute Gasteiger partial charge is 0.673 e. The van der Waals surface area contributed by atoms with E-state index < -0.39 is 0 Å². The monoisotopic (exact) mass is 216 g/mol. The fraction of sp³-hybridized carbons (Fsp3) is 1.00. The van der Waals surface area contributed by atoms with Crippen molar-refractivity contribution in [2.24, 2.45) is 5.22 Å². The normalized spacial score (nSPS) is 24.4. The Hall–Kier alpha value is -1.08. The Kier molecular flexibility index (Phi) is 3.57. The van der Waals surface area contributed by atoms with Crippen molar-refractivity contribution in [2.45, 2.75) is 0 Å². The molecule has 15 heavy (non-hydrogen) atoms. The molecule has 0 bridgehead atoms. The van der Waals surface area contributed by atoms with Gasteiger partial charge in [0.05, 0.1) is 39.5 Å². The van der Waals surface area contributed by atoms with Gasteiger partial charge in [-0.3, -0.25) is 0 Å². The Labute approximate surface area is 88.4 Å². The van der Waals surface area contributed by atoms with E-state index in [1.807, 2.05) is 0 Å². The lowest BCUT2D eigenvalue weighted by Gasteiger charge is -2.28. The van der Waals surface area contributed by atoms with Crippen LogP contribution in [0.5, 0.6) is 0 Å². The standard InChI is InChI=1S/C8H16N4O3/c13-12(11-3-7-15-8-4-11)9-10-1-5-14-6-2-10/h1-8H2. The average molecular weight is 216 g/mol. The number of hydrogen-bond donors (Lipinski definition) is 0. The van der Waals surface area contributed by atoms with Crippen molar-refractivity contribution in [1.29, 1.82) is 0 Å². The van der Waals surface area contributed by atoms with Gasteiger partial charge in [0.2, 0.25) is 0 Å². The van der Waals surface area contributed by atoms with Gasteiger partial charge in [0.15, 0.2) is 0 Å². The Morgan fingerprint density at radius 3 is 2.07 bits per heavy atom. The molecule has 0 N–H and O–H groups in total. The third-order valence-corrected chi connectivity index (χ3v) is 2.42. The second-order valence-electron chi connectivity index (χ2n) is 3.47. The summed E-state index contributed by atoms with van der Waals surface area (Å²) in [6.07, 6.45) is 0. The van der Waals surface area contributed by atoms with Crippen LogP contribution in [-0.2, 0) is 9.47 Å². The second kappa shape index (κ2) is 5.13. The molecule has 2 aliphatic heterocycles. The van der Waals surface area contributed by atoms with Crippen molar-refractivity contribution < 1.29 is 14.4 Å². The Bertz CT molecular complexity index is 224. The zero-order chi connectivity index (χ0) is 10.5. The molecule has 2 fully saturated rings. The van der Waals surface area contributed by atoms with E-state index in [4.69, 9.17) is 9.47 Å². The minimum atomic E-state index is 0.595. The van der Waals surface area contributed by atoms with Crippen LogP contribution in [0.25, 0.3) is 0 Å². The summed E-state index contributed by atoms with van der Waals surface area (Å²) in [4.78, 5) is 0.674. The summed E-state index contributed by atoms with van der Waals surface area (Å²) in [5, 5.41) is 18.9. The van der Waals surface area contributed by atoms with Crippen molar-refractivity contribution in [2.75, 3.05) is 52.6 Å². The van der Waals surface area contributed by atoms with Crippen molar-refractivity contribution >= 4 is 0 Å². The fourth-order valence-corrected chi connectivity index (χ4v) is 1.53. The number of hydrogen-bond acceptors (Lipinski definition) is 4. The van der Waals surface area contributed by atoms with Crippen molar-refractivity contribution in [3.8, 4) is 0 Å². The molecule has 2 rings (SSSR count). The van der Waals surface area contributed by atoms with Gasteiger partial charge in [-0.25, -0.2) is 5.01 Å². The van der Waals surface area contributed by atoms with Gasteiger partial charge in [0, 0.05) is 0 Å². The van der Waals surface area contributed by atoms with Crippen molar-refractivity contribution in [3.05, 3.63) is 5.21 Å². The molecule has 7 nitrogen and oxygen atoms in total. The Morgan fingerprint density at radius 2 is 1.47 bits per heavy atom. The van der Waals surface area contributed by atoms with Crippen molar-refractivity contribution in [1.82, 2.24) is 10.0 Å². The van der Waals surface area contributed by atoms with Gasteiger partial charge in [-0.1, -0.05) is 4.97 Å². The molecule has 0 spiro atoms.